The van der Waals surface area contributed by atoms with Crippen molar-refractivity contribution in [1.82, 2.24) is 0 Å². The fourth-order valence-electron chi connectivity index (χ4n) is 3.13. The van der Waals surface area contributed by atoms with E-state index in [0.29, 0.717) is 34.1 Å². The van der Waals surface area contributed by atoms with Gasteiger partial charge in [0.2, 0.25) is 5.75 Å². The highest BCUT2D eigenvalue weighted by atomic mass is 32.1. The van der Waals surface area contributed by atoms with Crippen molar-refractivity contribution in [2.24, 2.45) is 0 Å². The lowest BCUT2D eigenvalue weighted by atomic mass is 10.00. The van der Waals surface area contributed by atoms with E-state index in [1.54, 1.807) is 30.3 Å². The molecule has 8 heteroatoms. The van der Waals surface area contributed by atoms with E-state index in [1.165, 1.54) is 46.7 Å². The molecule has 7 nitrogen and oxygen atoms in total. The number of rotatable bonds is 8. The lowest BCUT2D eigenvalue weighted by Crippen LogP contribution is -2.05. The summed E-state index contributed by atoms with van der Waals surface area (Å²) in [6.45, 7) is 1.32. The molecule has 0 N–H and O–H groups in total. The first-order valence-electron chi connectivity index (χ1n) is 9.22. The normalized spacial score (nSPS) is 10.4. The number of methoxy groups -OCH3 is 4. The van der Waals surface area contributed by atoms with Gasteiger partial charge in [-0.05, 0) is 47.3 Å². The Labute approximate surface area is 184 Å². The molecule has 0 atom stereocenters. The first-order chi connectivity index (χ1) is 14.9. The molecule has 162 valence electrons. The van der Waals surface area contributed by atoms with Gasteiger partial charge in [0.15, 0.2) is 28.8 Å². The smallest absolute Gasteiger partial charge is 0.308 e. The Bertz CT molecular complexity index is 1090. The highest BCUT2D eigenvalue weighted by molar-refractivity contribution is 7.14. The van der Waals surface area contributed by atoms with Crippen LogP contribution >= 0.6 is 11.3 Å². The van der Waals surface area contributed by atoms with Crippen LogP contribution in [0.1, 0.15) is 22.8 Å². The monoisotopic (exact) mass is 442 g/mol. The van der Waals surface area contributed by atoms with Crippen molar-refractivity contribution in [3.05, 3.63) is 52.9 Å². The molecule has 0 aliphatic heterocycles. The van der Waals surface area contributed by atoms with Gasteiger partial charge in [-0.1, -0.05) is 0 Å². The minimum Gasteiger partial charge on any atom is -0.493 e. The molecule has 2 aromatic carbocycles. The average molecular weight is 442 g/mol. The van der Waals surface area contributed by atoms with Crippen LogP contribution in [0.3, 0.4) is 0 Å². The Kier molecular flexibility index (Phi) is 6.81. The predicted octanol–water partition coefficient (Wildman–Crippen LogP) is 4.61. The van der Waals surface area contributed by atoms with Gasteiger partial charge in [-0.25, -0.2) is 0 Å². The van der Waals surface area contributed by atoms with E-state index >= 15 is 0 Å². The summed E-state index contributed by atoms with van der Waals surface area (Å²) in [5.74, 6) is 1.23. The molecule has 1 heterocycles. The molecule has 0 aliphatic rings. The molecule has 0 unspecified atom stereocenters. The Hall–Kier alpha value is -3.52. The van der Waals surface area contributed by atoms with Crippen molar-refractivity contribution < 1.29 is 33.3 Å². The molecule has 3 rings (SSSR count). The first-order valence-corrected chi connectivity index (χ1v) is 10.1. The molecule has 0 saturated heterocycles. The standard InChI is InChI=1S/C23H22O7S/c1-13(24)30-18-10-14(6-7-17(18)26-2)23-16(8-9-31-23)21(25)15-11-19(27-3)22(29-5)20(12-15)28-4/h6-12H,1-5H3. The van der Waals surface area contributed by atoms with E-state index in [4.69, 9.17) is 23.7 Å². The van der Waals surface area contributed by atoms with Crippen LogP contribution in [-0.2, 0) is 4.79 Å². The lowest BCUT2D eigenvalue weighted by molar-refractivity contribution is -0.132. The number of carbonyl (C=O) groups is 2. The Morgan fingerprint density at radius 1 is 0.774 bits per heavy atom. The van der Waals surface area contributed by atoms with E-state index in [2.05, 4.69) is 0 Å². The third-order valence-corrected chi connectivity index (χ3v) is 5.48. The quantitative estimate of drug-likeness (QED) is 0.286. The van der Waals surface area contributed by atoms with Gasteiger partial charge in [0.1, 0.15) is 0 Å². The first kappa shape index (κ1) is 22.2. The van der Waals surface area contributed by atoms with Crippen LogP contribution in [0.2, 0.25) is 0 Å². The maximum Gasteiger partial charge on any atom is 0.308 e. The van der Waals surface area contributed by atoms with Crippen molar-refractivity contribution in [2.45, 2.75) is 6.92 Å². The molecule has 0 spiro atoms. The number of thiophene rings is 1. The average Bonchev–Trinajstić information content (AvgIpc) is 3.26. The van der Waals surface area contributed by atoms with Gasteiger partial charge < -0.3 is 23.7 Å². The largest absolute Gasteiger partial charge is 0.493 e. The van der Waals surface area contributed by atoms with Crippen molar-refractivity contribution in [3.63, 3.8) is 0 Å². The zero-order valence-electron chi connectivity index (χ0n) is 17.8. The highest BCUT2D eigenvalue weighted by Gasteiger charge is 2.22. The lowest BCUT2D eigenvalue weighted by Gasteiger charge is -2.14. The predicted molar refractivity (Wildman–Crippen MR) is 117 cm³/mol. The number of benzene rings is 2. The summed E-state index contributed by atoms with van der Waals surface area (Å²) in [6, 6.07) is 10.2. The molecule has 0 amide bonds. The third kappa shape index (κ3) is 4.49. The van der Waals surface area contributed by atoms with Gasteiger partial charge >= 0.3 is 5.97 Å². The summed E-state index contributed by atoms with van der Waals surface area (Å²) in [5, 5.41) is 1.83. The number of carbonyl (C=O) groups excluding carboxylic acids is 2. The van der Waals surface area contributed by atoms with Crippen LogP contribution in [0.5, 0.6) is 28.7 Å². The zero-order chi connectivity index (χ0) is 22.5. The van der Waals surface area contributed by atoms with Crippen molar-refractivity contribution in [3.8, 4) is 39.2 Å². The second-order valence-corrected chi connectivity index (χ2v) is 7.28. The fraction of sp³-hybridized carbons (Fsp3) is 0.217. The van der Waals surface area contributed by atoms with Gasteiger partial charge in [-0.3, -0.25) is 9.59 Å². The molecular formula is C23H22O7S. The minimum absolute atomic E-state index is 0.208. The van der Waals surface area contributed by atoms with E-state index in [1.807, 2.05) is 11.4 Å². The number of ether oxygens (including phenoxy) is 5. The SMILES string of the molecule is COc1ccc(-c2sccc2C(=O)c2cc(OC)c(OC)c(OC)c2)cc1OC(C)=O. The number of esters is 1. The summed E-state index contributed by atoms with van der Waals surface area (Å²) in [4.78, 5) is 25.5. The Balaban J connectivity index is 2.06. The van der Waals surface area contributed by atoms with Crippen LogP contribution in [0.25, 0.3) is 10.4 Å². The van der Waals surface area contributed by atoms with Gasteiger partial charge in [0, 0.05) is 22.9 Å². The topological polar surface area (TPSA) is 80.3 Å². The summed E-state index contributed by atoms with van der Waals surface area (Å²) in [6.07, 6.45) is 0. The second kappa shape index (κ2) is 9.53. The zero-order valence-corrected chi connectivity index (χ0v) is 18.6. The van der Waals surface area contributed by atoms with Gasteiger partial charge in [-0.15, -0.1) is 11.3 Å². The molecule has 0 radical (unpaired) electrons. The van der Waals surface area contributed by atoms with E-state index in [9.17, 15) is 9.59 Å². The number of hydrogen-bond donors (Lipinski definition) is 0. The molecule has 0 aliphatic carbocycles. The molecule has 0 bridgehead atoms. The van der Waals surface area contributed by atoms with Crippen LogP contribution in [0.4, 0.5) is 0 Å². The number of hydrogen-bond acceptors (Lipinski definition) is 8. The van der Waals surface area contributed by atoms with Crippen molar-refractivity contribution in [2.75, 3.05) is 28.4 Å². The maximum absolute atomic E-state index is 13.4. The van der Waals surface area contributed by atoms with E-state index in [0.717, 1.165) is 10.4 Å². The number of ketones is 1. The van der Waals surface area contributed by atoms with Crippen LogP contribution in [-0.4, -0.2) is 40.2 Å². The van der Waals surface area contributed by atoms with Gasteiger partial charge in [0.25, 0.3) is 0 Å². The van der Waals surface area contributed by atoms with E-state index < -0.39 is 5.97 Å². The summed E-state index contributed by atoms with van der Waals surface area (Å²) in [7, 11) is 5.99. The highest BCUT2D eigenvalue weighted by Crippen LogP contribution is 2.41. The summed E-state index contributed by atoms with van der Waals surface area (Å²) < 4.78 is 26.6. The van der Waals surface area contributed by atoms with Crippen LogP contribution in [0, 0.1) is 0 Å². The fourth-order valence-corrected chi connectivity index (χ4v) is 4.02. The van der Waals surface area contributed by atoms with Crippen molar-refractivity contribution >= 4 is 23.1 Å². The Morgan fingerprint density at radius 3 is 1.97 bits per heavy atom. The molecule has 0 fully saturated rings. The van der Waals surface area contributed by atoms with Crippen LogP contribution in [0.15, 0.2) is 41.8 Å². The van der Waals surface area contributed by atoms with Gasteiger partial charge in [-0.2, -0.15) is 0 Å². The minimum atomic E-state index is -0.463. The summed E-state index contributed by atoms with van der Waals surface area (Å²) in [5.41, 5.74) is 1.61. The molecule has 1 aromatic heterocycles. The molecule has 31 heavy (non-hydrogen) atoms. The Morgan fingerprint density at radius 2 is 1.42 bits per heavy atom. The maximum atomic E-state index is 13.4. The molecular weight excluding hydrogens is 420 g/mol. The van der Waals surface area contributed by atoms with Crippen molar-refractivity contribution in [1.29, 1.82) is 0 Å². The van der Waals surface area contributed by atoms with Gasteiger partial charge in [0.05, 0.1) is 28.4 Å². The molecule has 3 aromatic rings. The van der Waals surface area contributed by atoms with E-state index in [-0.39, 0.29) is 11.5 Å². The second-order valence-electron chi connectivity index (χ2n) is 6.37. The third-order valence-electron chi connectivity index (χ3n) is 4.52. The van der Waals surface area contributed by atoms with Crippen LogP contribution < -0.4 is 23.7 Å². The summed E-state index contributed by atoms with van der Waals surface area (Å²) >= 11 is 1.40. The molecule has 0 saturated carbocycles.